The molecule has 0 N–H and O–H groups in total. The van der Waals surface area contributed by atoms with Crippen molar-refractivity contribution in [3.8, 4) is 0 Å². The number of hydrogen-bond acceptors (Lipinski definition) is 2. The number of nitrogens with zero attached hydrogens (tertiary/aromatic N) is 2. The predicted molar refractivity (Wildman–Crippen MR) is 54.2 cm³/mol. The molecule has 2 rings (SSSR count). The van der Waals surface area contributed by atoms with E-state index in [0.717, 1.165) is 30.5 Å². The molecule has 0 spiro atoms. The normalized spacial score (nSPS) is 18.2. The van der Waals surface area contributed by atoms with E-state index in [0.29, 0.717) is 5.78 Å². The first-order valence-corrected chi connectivity index (χ1v) is 5.14. The Labute approximate surface area is 84.1 Å². The van der Waals surface area contributed by atoms with Crippen molar-refractivity contribution in [3.05, 3.63) is 17.5 Å². The van der Waals surface area contributed by atoms with Gasteiger partial charge in [-0.1, -0.05) is 6.92 Å². The largest absolute Gasteiger partial charge is 0.293 e. The van der Waals surface area contributed by atoms with Gasteiger partial charge in [0.1, 0.15) is 0 Å². The quantitative estimate of drug-likeness (QED) is 0.687. The Morgan fingerprint density at radius 2 is 2.29 bits per heavy atom. The van der Waals surface area contributed by atoms with E-state index in [2.05, 4.69) is 12.0 Å². The highest BCUT2D eigenvalue weighted by atomic mass is 16.1. The van der Waals surface area contributed by atoms with Crippen molar-refractivity contribution < 1.29 is 4.79 Å². The summed E-state index contributed by atoms with van der Waals surface area (Å²) in [5.74, 6) is 0.297. The van der Waals surface area contributed by atoms with E-state index in [-0.39, 0.29) is 5.41 Å². The lowest BCUT2D eigenvalue weighted by atomic mass is 9.93. The zero-order chi connectivity index (χ0) is 10.3. The average molecular weight is 192 g/mol. The number of carbonyl (C=O) groups is 1. The van der Waals surface area contributed by atoms with Gasteiger partial charge >= 0.3 is 0 Å². The maximum atomic E-state index is 12.1. The van der Waals surface area contributed by atoms with Crippen LogP contribution in [0.2, 0.25) is 0 Å². The van der Waals surface area contributed by atoms with Gasteiger partial charge < -0.3 is 0 Å². The van der Waals surface area contributed by atoms with Crippen molar-refractivity contribution in [1.82, 2.24) is 9.78 Å². The van der Waals surface area contributed by atoms with Crippen LogP contribution in [-0.2, 0) is 7.05 Å². The third-order valence-corrected chi connectivity index (χ3v) is 3.27. The zero-order valence-electron chi connectivity index (χ0n) is 9.00. The van der Waals surface area contributed by atoms with Gasteiger partial charge in [0.25, 0.3) is 0 Å². The van der Waals surface area contributed by atoms with E-state index < -0.39 is 0 Å². The summed E-state index contributed by atoms with van der Waals surface area (Å²) in [6.45, 7) is 4.00. The number of Topliss-reactive ketones (excluding diaryl/α,β-unsaturated/α-hetero) is 1. The Morgan fingerprint density at radius 1 is 1.64 bits per heavy atom. The number of ketones is 1. The van der Waals surface area contributed by atoms with Crippen molar-refractivity contribution in [1.29, 1.82) is 0 Å². The molecule has 1 aromatic rings. The fourth-order valence-corrected chi connectivity index (χ4v) is 2.00. The molecule has 0 saturated heterocycles. The molecule has 1 fully saturated rings. The highest BCUT2D eigenvalue weighted by molar-refractivity contribution is 6.02. The summed E-state index contributed by atoms with van der Waals surface area (Å²) in [6.07, 6.45) is 4.90. The number of aromatic nitrogens is 2. The van der Waals surface area contributed by atoms with Gasteiger partial charge in [-0.15, -0.1) is 0 Å². The standard InChI is InChI=1S/C11H16N2O/c1-4-11(5-6-11)10(14)9-7-13(3)12-8(9)2/h7H,4-6H2,1-3H3. The Morgan fingerprint density at radius 3 is 2.64 bits per heavy atom. The van der Waals surface area contributed by atoms with Crippen LogP contribution in [0.5, 0.6) is 0 Å². The zero-order valence-corrected chi connectivity index (χ0v) is 9.00. The maximum absolute atomic E-state index is 12.1. The molecule has 1 aliphatic carbocycles. The second kappa shape index (κ2) is 2.94. The van der Waals surface area contributed by atoms with E-state index in [1.807, 2.05) is 20.2 Å². The number of rotatable bonds is 3. The van der Waals surface area contributed by atoms with Crippen LogP contribution in [0.25, 0.3) is 0 Å². The number of aryl methyl sites for hydroxylation is 2. The lowest BCUT2D eigenvalue weighted by molar-refractivity contribution is 0.0896. The van der Waals surface area contributed by atoms with Gasteiger partial charge in [0.2, 0.25) is 0 Å². The van der Waals surface area contributed by atoms with Crippen LogP contribution in [0.3, 0.4) is 0 Å². The molecule has 14 heavy (non-hydrogen) atoms. The van der Waals surface area contributed by atoms with Crippen molar-refractivity contribution >= 4 is 5.78 Å². The molecule has 0 atom stereocenters. The molecule has 3 nitrogen and oxygen atoms in total. The molecule has 0 aromatic carbocycles. The van der Waals surface area contributed by atoms with E-state index in [1.165, 1.54) is 0 Å². The second-order valence-electron chi connectivity index (χ2n) is 4.26. The van der Waals surface area contributed by atoms with Gasteiger partial charge in [-0.05, 0) is 26.2 Å². The molecule has 0 radical (unpaired) electrons. The van der Waals surface area contributed by atoms with E-state index >= 15 is 0 Å². The molecule has 76 valence electrons. The Bertz CT molecular complexity index is 375. The van der Waals surface area contributed by atoms with Crippen LogP contribution in [0.1, 0.15) is 42.2 Å². The summed E-state index contributed by atoms with van der Waals surface area (Å²) >= 11 is 0. The molecule has 1 aliphatic rings. The smallest absolute Gasteiger partial charge is 0.172 e. The molecule has 1 saturated carbocycles. The Balaban J connectivity index is 2.32. The van der Waals surface area contributed by atoms with Crippen molar-refractivity contribution in [3.63, 3.8) is 0 Å². The van der Waals surface area contributed by atoms with Gasteiger partial charge in [0.15, 0.2) is 5.78 Å². The van der Waals surface area contributed by atoms with Gasteiger partial charge in [0, 0.05) is 18.7 Å². The Hall–Kier alpha value is -1.12. The summed E-state index contributed by atoms with van der Waals surface area (Å²) in [6, 6.07) is 0. The molecule has 0 bridgehead atoms. The van der Waals surface area contributed by atoms with Crippen LogP contribution in [0.4, 0.5) is 0 Å². The molecule has 3 heteroatoms. The van der Waals surface area contributed by atoms with Crippen LogP contribution >= 0.6 is 0 Å². The SMILES string of the molecule is CCC1(C(=O)c2cn(C)nc2C)CC1. The first-order chi connectivity index (χ1) is 6.59. The molecular formula is C11H16N2O. The second-order valence-corrected chi connectivity index (χ2v) is 4.26. The third kappa shape index (κ3) is 1.27. The summed E-state index contributed by atoms with van der Waals surface area (Å²) in [5, 5.41) is 4.20. The van der Waals surface area contributed by atoms with Gasteiger partial charge in [-0.2, -0.15) is 5.10 Å². The van der Waals surface area contributed by atoms with Gasteiger partial charge in [0.05, 0.1) is 11.3 Å². The third-order valence-electron chi connectivity index (χ3n) is 3.27. The summed E-state index contributed by atoms with van der Waals surface area (Å²) in [4.78, 5) is 12.1. The Kier molecular flexibility index (Phi) is 1.98. The minimum atomic E-state index is -0.0339. The van der Waals surface area contributed by atoms with Crippen molar-refractivity contribution in [2.45, 2.75) is 33.1 Å². The van der Waals surface area contributed by atoms with Gasteiger partial charge in [-0.3, -0.25) is 9.48 Å². The highest BCUT2D eigenvalue weighted by Crippen LogP contribution is 2.51. The van der Waals surface area contributed by atoms with Crippen LogP contribution in [0, 0.1) is 12.3 Å². The monoisotopic (exact) mass is 192 g/mol. The maximum Gasteiger partial charge on any atom is 0.172 e. The molecule has 0 unspecified atom stereocenters. The molecule has 0 amide bonds. The predicted octanol–water partition coefficient (Wildman–Crippen LogP) is 2.10. The van der Waals surface area contributed by atoms with E-state index in [4.69, 9.17) is 0 Å². The summed E-state index contributed by atoms with van der Waals surface area (Å²) in [7, 11) is 1.86. The lowest BCUT2D eigenvalue weighted by Crippen LogP contribution is -2.15. The lowest BCUT2D eigenvalue weighted by Gasteiger charge is -2.09. The molecule has 1 heterocycles. The summed E-state index contributed by atoms with van der Waals surface area (Å²) < 4.78 is 1.72. The molecule has 0 aliphatic heterocycles. The van der Waals surface area contributed by atoms with E-state index in [9.17, 15) is 4.79 Å². The van der Waals surface area contributed by atoms with Crippen molar-refractivity contribution in [2.75, 3.05) is 0 Å². The van der Waals surface area contributed by atoms with Gasteiger partial charge in [-0.25, -0.2) is 0 Å². The minimum absolute atomic E-state index is 0.0339. The number of hydrogen-bond donors (Lipinski definition) is 0. The van der Waals surface area contributed by atoms with Crippen molar-refractivity contribution in [2.24, 2.45) is 12.5 Å². The van der Waals surface area contributed by atoms with E-state index in [1.54, 1.807) is 4.68 Å². The fraction of sp³-hybridized carbons (Fsp3) is 0.636. The van der Waals surface area contributed by atoms with Crippen LogP contribution in [-0.4, -0.2) is 15.6 Å². The first-order valence-electron chi connectivity index (χ1n) is 5.14. The topological polar surface area (TPSA) is 34.9 Å². The first kappa shape index (κ1) is 9.44. The van der Waals surface area contributed by atoms with Crippen LogP contribution < -0.4 is 0 Å². The molecule has 1 aromatic heterocycles. The average Bonchev–Trinajstić information content (AvgIpc) is 2.87. The summed E-state index contributed by atoms with van der Waals surface area (Å²) in [5.41, 5.74) is 1.64. The minimum Gasteiger partial charge on any atom is -0.293 e. The number of carbonyl (C=O) groups excluding carboxylic acids is 1. The fourth-order valence-electron chi connectivity index (χ4n) is 2.00. The molecular weight excluding hydrogens is 176 g/mol. The van der Waals surface area contributed by atoms with Crippen LogP contribution in [0.15, 0.2) is 6.20 Å². The highest BCUT2D eigenvalue weighted by Gasteiger charge is 2.48.